The quantitative estimate of drug-likeness (QED) is 0.439. The molecule has 3 amide bonds. The van der Waals surface area contributed by atoms with Crippen LogP contribution in [0.1, 0.15) is 58.3 Å². The Labute approximate surface area is 131 Å². The smallest absolute Gasteiger partial charge is 0.312 e. The lowest BCUT2D eigenvalue weighted by Gasteiger charge is -2.17. The molecule has 1 aliphatic carbocycles. The molecule has 0 aliphatic heterocycles. The second kappa shape index (κ2) is 10.0. The van der Waals surface area contributed by atoms with Crippen LogP contribution in [-0.4, -0.2) is 36.6 Å². The molecule has 0 heterocycles. The van der Waals surface area contributed by atoms with Crippen molar-refractivity contribution in [2.24, 2.45) is 5.73 Å². The van der Waals surface area contributed by atoms with Gasteiger partial charge in [-0.05, 0) is 32.6 Å². The van der Waals surface area contributed by atoms with E-state index in [4.69, 9.17) is 10.5 Å². The molecule has 4 N–H and O–H groups in total. The van der Waals surface area contributed by atoms with Crippen molar-refractivity contribution in [1.82, 2.24) is 10.6 Å². The van der Waals surface area contributed by atoms with Crippen molar-refractivity contribution >= 4 is 17.9 Å². The van der Waals surface area contributed by atoms with E-state index in [1.807, 2.05) is 0 Å². The highest BCUT2D eigenvalue weighted by molar-refractivity contribution is 5.83. The Morgan fingerprint density at radius 3 is 2.50 bits per heavy atom. The predicted molar refractivity (Wildman–Crippen MR) is 82.0 cm³/mol. The van der Waals surface area contributed by atoms with Gasteiger partial charge in [0.05, 0.1) is 0 Å². The number of carbonyl (C=O) groups is 3. The number of nitrogens with two attached hydrogens (primary N) is 1. The second-order valence-corrected chi connectivity index (χ2v) is 5.72. The van der Waals surface area contributed by atoms with E-state index in [0.717, 1.165) is 38.5 Å². The van der Waals surface area contributed by atoms with Gasteiger partial charge < -0.3 is 21.1 Å². The van der Waals surface area contributed by atoms with E-state index in [-0.39, 0.29) is 24.3 Å². The summed E-state index contributed by atoms with van der Waals surface area (Å²) in [5.74, 6) is -0.581. The molecular weight excluding hydrogens is 286 g/mol. The minimum Gasteiger partial charge on any atom is -0.453 e. The van der Waals surface area contributed by atoms with Gasteiger partial charge in [0.15, 0.2) is 6.10 Å². The van der Waals surface area contributed by atoms with Crippen LogP contribution in [0.15, 0.2) is 0 Å². The van der Waals surface area contributed by atoms with E-state index in [1.165, 1.54) is 0 Å². The summed E-state index contributed by atoms with van der Waals surface area (Å²) in [4.78, 5) is 34.0. The van der Waals surface area contributed by atoms with Crippen LogP contribution in [0.3, 0.4) is 0 Å². The standard InChI is InChI=1S/C15H27N3O4/c1-11(14(20)18-12-7-4-5-8-12)22-13(19)9-3-2-6-10-17-15(16)21/h11-12H,2-10H2,1H3,(H,18,20)(H3,16,17,21)/t11-/m0/s1. The van der Waals surface area contributed by atoms with Crippen LogP contribution in [0, 0.1) is 0 Å². The lowest BCUT2D eigenvalue weighted by Crippen LogP contribution is -2.40. The molecular formula is C15H27N3O4. The van der Waals surface area contributed by atoms with Crippen molar-refractivity contribution in [3.8, 4) is 0 Å². The number of rotatable bonds is 9. The molecule has 22 heavy (non-hydrogen) atoms. The number of hydrogen-bond donors (Lipinski definition) is 3. The van der Waals surface area contributed by atoms with E-state index in [9.17, 15) is 14.4 Å². The van der Waals surface area contributed by atoms with Crippen LogP contribution in [-0.2, 0) is 14.3 Å². The molecule has 7 heteroatoms. The zero-order valence-corrected chi connectivity index (χ0v) is 13.2. The summed E-state index contributed by atoms with van der Waals surface area (Å²) in [5, 5.41) is 5.40. The molecule has 0 aromatic carbocycles. The summed E-state index contributed by atoms with van der Waals surface area (Å²) in [6, 6.07) is -0.312. The topological polar surface area (TPSA) is 111 Å². The highest BCUT2D eigenvalue weighted by atomic mass is 16.5. The first-order chi connectivity index (χ1) is 10.5. The predicted octanol–water partition coefficient (Wildman–Crippen LogP) is 1.21. The summed E-state index contributed by atoms with van der Waals surface area (Å²) < 4.78 is 5.13. The molecule has 1 aliphatic rings. The SMILES string of the molecule is C[C@H](OC(=O)CCCCCNC(N)=O)C(=O)NC1CCCC1. The van der Waals surface area contributed by atoms with Gasteiger partial charge in [-0.1, -0.05) is 19.3 Å². The van der Waals surface area contributed by atoms with Crippen LogP contribution in [0.5, 0.6) is 0 Å². The van der Waals surface area contributed by atoms with Crippen LogP contribution < -0.4 is 16.4 Å². The van der Waals surface area contributed by atoms with Gasteiger partial charge in [0.1, 0.15) is 0 Å². The van der Waals surface area contributed by atoms with Crippen molar-refractivity contribution < 1.29 is 19.1 Å². The number of carbonyl (C=O) groups excluding carboxylic acids is 3. The number of urea groups is 1. The molecule has 0 aromatic heterocycles. The third-order valence-electron chi connectivity index (χ3n) is 3.74. The van der Waals surface area contributed by atoms with Crippen LogP contribution in [0.2, 0.25) is 0 Å². The Morgan fingerprint density at radius 1 is 1.18 bits per heavy atom. The number of hydrogen-bond acceptors (Lipinski definition) is 4. The minimum atomic E-state index is -0.746. The summed E-state index contributed by atoms with van der Waals surface area (Å²) >= 11 is 0. The van der Waals surface area contributed by atoms with Crippen molar-refractivity contribution in [1.29, 1.82) is 0 Å². The van der Waals surface area contributed by atoms with Gasteiger partial charge in [0.25, 0.3) is 5.91 Å². The molecule has 1 fully saturated rings. The first-order valence-electron chi connectivity index (χ1n) is 8.02. The average molecular weight is 313 g/mol. The number of ether oxygens (including phenoxy) is 1. The van der Waals surface area contributed by atoms with Crippen LogP contribution >= 0.6 is 0 Å². The van der Waals surface area contributed by atoms with Crippen molar-refractivity contribution in [3.63, 3.8) is 0 Å². The van der Waals surface area contributed by atoms with Crippen molar-refractivity contribution in [2.75, 3.05) is 6.54 Å². The summed E-state index contributed by atoms with van der Waals surface area (Å²) in [7, 11) is 0. The van der Waals surface area contributed by atoms with E-state index >= 15 is 0 Å². The number of esters is 1. The first-order valence-corrected chi connectivity index (χ1v) is 8.02. The minimum absolute atomic E-state index is 0.217. The molecule has 0 saturated heterocycles. The Bertz CT molecular complexity index is 381. The van der Waals surface area contributed by atoms with Gasteiger partial charge in [-0.3, -0.25) is 9.59 Å². The number of primary amides is 1. The fourth-order valence-corrected chi connectivity index (χ4v) is 2.48. The molecule has 0 radical (unpaired) electrons. The molecule has 1 saturated carbocycles. The van der Waals surface area contributed by atoms with E-state index in [2.05, 4.69) is 10.6 Å². The molecule has 7 nitrogen and oxygen atoms in total. The number of amides is 3. The zero-order valence-electron chi connectivity index (χ0n) is 13.2. The van der Waals surface area contributed by atoms with Crippen LogP contribution in [0.25, 0.3) is 0 Å². The maximum absolute atomic E-state index is 11.9. The Kier molecular flexibility index (Phi) is 8.32. The van der Waals surface area contributed by atoms with Gasteiger partial charge >= 0.3 is 12.0 Å². The monoisotopic (exact) mass is 313 g/mol. The van der Waals surface area contributed by atoms with Gasteiger partial charge in [0.2, 0.25) is 0 Å². The van der Waals surface area contributed by atoms with E-state index < -0.39 is 12.1 Å². The third-order valence-corrected chi connectivity index (χ3v) is 3.74. The van der Waals surface area contributed by atoms with E-state index in [1.54, 1.807) is 6.92 Å². The maximum Gasteiger partial charge on any atom is 0.312 e. The molecule has 126 valence electrons. The lowest BCUT2D eigenvalue weighted by atomic mass is 10.2. The average Bonchev–Trinajstić information content (AvgIpc) is 2.95. The highest BCUT2D eigenvalue weighted by Gasteiger charge is 2.22. The second-order valence-electron chi connectivity index (χ2n) is 5.72. The zero-order chi connectivity index (χ0) is 16.4. The molecule has 0 aromatic rings. The summed E-state index contributed by atoms with van der Waals surface area (Å²) in [6.07, 6.45) is 6.04. The Hall–Kier alpha value is -1.79. The fourth-order valence-electron chi connectivity index (χ4n) is 2.48. The van der Waals surface area contributed by atoms with Crippen LogP contribution in [0.4, 0.5) is 4.79 Å². The van der Waals surface area contributed by atoms with Gasteiger partial charge in [-0.25, -0.2) is 4.79 Å². The molecule has 0 spiro atoms. The maximum atomic E-state index is 11.9. The third kappa shape index (κ3) is 7.85. The normalized spacial score (nSPS) is 16.0. The molecule has 1 atom stereocenters. The lowest BCUT2D eigenvalue weighted by molar-refractivity contribution is -0.155. The number of nitrogens with one attached hydrogen (secondary N) is 2. The van der Waals surface area contributed by atoms with E-state index in [0.29, 0.717) is 13.0 Å². The highest BCUT2D eigenvalue weighted by Crippen LogP contribution is 2.17. The van der Waals surface area contributed by atoms with Gasteiger partial charge in [0, 0.05) is 19.0 Å². The number of unbranched alkanes of at least 4 members (excludes halogenated alkanes) is 2. The van der Waals surface area contributed by atoms with Gasteiger partial charge in [-0.2, -0.15) is 0 Å². The van der Waals surface area contributed by atoms with Crippen molar-refractivity contribution in [2.45, 2.75) is 70.4 Å². The van der Waals surface area contributed by atoms with Crippen molar-refractivity contribution in [3.05, 3.63) is 0 Å². The van der Waals surface area contributed by atoms with Gasteiger partial charge in [-0.15, -0.1) is 0 Å². The Balaban J connectivity index is 2.07. The molecule has 0 unspecified atom stereocenters. The summed E-state index contributed by atoms with van der Waals surface area (Å²) in [5.41, 5.74) is 4.93. The first kappa shape index (κ1) is 18.3. The molecule has 0 bridgehead atoms. The Morgan fingerprint density at radius 2 is 1.86 bits per heavy atom. The molecule has 1 rings (SSSR count). The largest absolute Gasteiger partial charge is 0.453 e. The fraction of sp³-hybridized carbons (Fsp3) is 0.800. The summed E-state index contributed by atoms with van der Waals surface area (Å²) in [6.45, 7) is 2.10.